The lowest BCUT2D eigenvalue weighted by molar-refractivity contribution is 0.313. The Morgan fingerprint density at radius 2 is 1.74 bits per heavy atom. The molecule has 5 aromatic rings. The van der Waals surface area contributed by atoms with Crippen LogP contribution in [0.5, 0.6) is 0 Å². The summed E-state index contributed by atoms with van der Waals surface area (Å²) in [5.74, 6) is 2.31. The van der Waals surface area contributed by atoms with E-state index in [4.69, 9.17) is 9.97 Å². The van der Waals surface area contributed by atoms with Gasteiger partial charge in [-0.3, -0.25) is 4.40 Å². The van der Waals surface area contributed by atoms with E-state index >= 15 is 0 Å². The summed E-state index contributed by atoms with van der Waals surface area (Å²) >= 11 is 0. The average molecular weight is 468 g/mol. The minimum Gasteiger partial charge on any atom is -0.370 e. The number of fused-ring (bicyclic) bond motifs is 2. The second-order valence-electron chi connectivity index (χ2n) is 9.14. The summed E-state index contributed by atoms with van der Waals surface area (Å²) in [6.45, 7) is 6.84. The Bertz CT molecular complexity index is 1490. The molecule has 1 fully saturated rings. The van der Waals surface area contributed by atoms with E-state index < -0.39 is 0 Å². The Morgan fingerprint density at radius 1 is 0.943 bits per heavy atom. The molecule has 1 saturated heterocycles. The summed E-state index contributed by atoms with van der Waals surface area (Å²) in [4.78, 5) is 14.8. The first-order valence-electron chi connectivity index (χ1n) is 12.0. The number of anilines is 2. The molecular weight excluding hydrogens is 438 g/mol. The third-order valence-electron chi connectivity index (χ3n) is 6.81. The molecule has 0 unspecified atom stereocenters. The van der Waals surface area contributed by atoms with Crippen LogP contribution in [0.3, 0.4) is 0 Å². The van der Waals surface area contributed by atoms with E-state index in [1.165, 1.54) is 11.3 Å². The average Bonchev–Trinajstić information content (AvgIpc) is 3.44. The van der Waals surface area contributed by atoms with Gasteiger partial charge in [0.15, 0.2) is 11.6 Å². The van der Waals surface area contributed by atoms with Crippen molar-refractivity contribution in [1.82, 2.24) is 34.0 Å². The Kier molecular flexibility index (Phi) is 5.33. The Morgan fingerprint density at radius 3 is 2.51 bits per heavy atom. The molecule has 178 valence electrons. The van der Waals surface area contributed by atoms with Gasteiger partial charge in [-0.1, -0.05) is 30.3 Å². The molecule has 0 spiro atoms. The molecule has 0 bridgehead atoms. The summed E-state index contributed by atoms with van der Waals surface area (Å²) in [6, 6.07) is 17.1. The van der Waals surface area contributed by atoms with Crippen LogP contribution in [-0.4, -0.2) is 74.3 Å². The highest BCUT2D eigenvalue weighted by Gasteiger charge is 2.20. The zero-order valence-electron chi connectivity index (χ0n) is 20.3. The van der Waals surface area contributed by atoms with Crippen molar-refractivity contribution in [3.63, 3.8) is 0 Å². The molecule has 1 aliphatic rings. The van der Waals surface area contributed by atoms with Crippen LogP contribution in [0.25, 0.3) is 28.2 Å². The van der Waals surface area contributed by atoms with Gasteiger partial charge in [0, 0.05) is 51.7 Å². The molecule has 35 heavy (non-hydrogen) atoms. The van der Waals surface area contributed by atoms with Gasteiger partial charge in [-0.05, 0) is 37.7 Å². The maximum absolute atomic E-state index is 5.07. The summed E-state index contributed by atoms with van der Waals surface area (Å²) in [5.41, 5.74) is 6.00. The topological polar surface area (TPSA) is 79.4 Å². The second kappa shape index (κ2) is 8.66. The van der Waals surface area contributed by atoms with Crippen LogP contribution in [0.15, 0.2) is 54.7 Å². The number of aryl methyl sites for hydroxylation is 1. The SMILES string of the molecule is CNc1nc(-c2nc3ccc(N4CCN(C)CC4)cc3n2Cc2ccccc2)cn2c(C)nnc12. The Labute approximate surface area is 204 Å². The maximum Gasteiger partial charge on any atom is 0.203 e. The van der Waals surface area contributed by atoms with Crippen molar-refractivity contribution in [3.8, 4) is 11.5 Å². The second-order valence-corrected chi connectivity index (χ2v) is 9.14. The third kappa shape index (κ3) is 3.87. The van der Waals surface area contributed by atoms with Crippen LogP contribution in [-0.2, 0) is 6.54 Å². The van der Waals surface area contributed by atoms with Crippen LogP contribution in [0, 0.1) is 6.92 Å². The molecule has 3 aromatic heterocycles. The largest absolute Gasteiger partial charge is 0.370 e. The summed E-state index contributed by atoms with van der Waals surface area (Å²) in [6.07, 6.45) is 1.98. The number of benzene rings is 2. The minimum atomic E-state index is 0.680. The zero-order chi connectivity index (χ0) is 23.9. The standard InChI is InChI=1S/C26H29N9/c1-18-30-31-26-24(27-2)28-22(17-34(18)26)25-29-21-10-9-20(33-13-11-32(3)12-14-33)15-23(21)35(25)16-19-7-5-4-6-8-19/h4-10,15,17H,11-14,16H2,1-3H3,(H,27,28). The number of rotatable bonds is 5. The molecule has 0 radical (unpaired) electrons. The van der Waals surface area contributed by atoms with Crippen LogP contribution in [0.1, 0.15) is 11.4 Å². The number of likely N-dealkylation sites (N-methyl/N-ethyl adjacent to an activating group) is 1. The summed E-state index contributed by atoms with van der Waals surface area (Å²) in [5, 5.41) is 11.7. The van der Waals surface area contributed by atoms with Gasteiger partial charge in [-0.25, -0.2) is 9.97 Å². The van der Waals surface area contributed by atoms with Gasteiger partial charge in [0.1, 0.15) is 11.5 Å². The number of hydrogen-bond donors (Lipinski definition) is 1. The van der Waals surface area contributed by atoms with E-state index in [2.05, 4.69) is 79.4 Å². The third-order valence-corrected chi connectivity index (χ3v) is 6.81. The van der Waals surface area contributed by atoms with Crippen molar-refractivity contribution in [2.45, 2.75) is 13.5 Å². The molecule has 0 saturated carbocycles. The summed E-state index contributed by atoms with van der Waals surface area (Å²) < 4.78 is 4.24. The van der Waals surface area contributed by atoms with Crippen LogP contribution in [0.2, 0.25) is 0 Å². The number of piperazine rings is 1. The van der Waals surface area contributed by atoms with Crippen molar-refractivity contribution < 1.29 is 0 Å². The van der Waals surface area contributed by atoms with Crippen LogP contribution < -0.4 is 10.2 Å². The fraction of sp³-hybridized carbons (Fsp3) is 0.308. The molecule has 4 heterocycles. The number of imidazole rings is 1. The molecule has 2 aromatic carbocycles. The van der Waals surface area contributed by atoms with Gasteiger partial charge in [0.05, 0.1) is 11.0 Å². The normalized spacial score (nSPS) is 14.8. The van der Waals surface area contributed by atoms with Gasteiger partial charge in [-0.15, -0.1) is 10.2 Å². The molecular formula is C26H29N9. The number of nitrogens with zero attached hydrogens (tertiary/aromatic N) is 8. The van der Waals surface area contributed by atoms with E-state index in [1.54, 1.807) is 0 Å². The minimum absolute atomic E-state index is 0.680. The fourth-order valence-corrected chi connectivity index (χ4v) is 4.78. The van der Waals surface area contributed by atoms with Crippen molar-refractivity contribution in [3.05, 3.63) is 66.1 Å². The lowest BCUT2D eigenvalue weighted by Gasteiger charge is -2.34. The molecule has 6 rings (SSSR count). The Balaban J connectivity index is 1.52. The molecule has 0 atom stereocenters. The molecule has 0 amide bonds. The Hall–Kier alpha value is -3.98. The molecule has 1 aliphatic heterocycles. The van der Waals surface area contributed by atoms with E-state index in [0.29, 0.717) is 18.0 Å². The molecule has 1 N–H and O–H groups in total. The van der Waals surface area contributed by atoms with E-state index in [-0.39, 0.29) is 0 Å². The van der Waals surface area contributed by atoms with Crippen LogP contribution in [0.4, 0.5) is 11.5 Å². The lowest BCUT2D eigenvalue weighted by atomic mass is 10.2. The predicted molar refractivity (Wildman–Crippen MR) is 139 cm³/mol. The van der Waals surface area contributed by atoms with Gasteiger partial charge >= 0.3 is 0 Å². The highest BCUT2D eigenvalue weighted by molar-refractivity contribution is 5.84. The zero-order valence-corrected chi connectivity index (χ0v) is 20.3. The quantitative estimate of drug-likeness (QED) is 0.425. The van der Waals surface area contributed by atoms with Gasteiger partial charge in [0.2, 0.25) is 5.65 Å². The first-order chi connectivity index (χ1) is 17.1. The lowest BCUT2D eigenvalue weighted by Crippen LogP contribution is -2.44. The highest BCUT2D eigenvalue weighted by Crippen LogP contribution is 2.30. The highest BCUT2D eigenvalue weighted by atomic mass is 15.3. The monoisotopic (exact) mass is 467 g/mol. The van der Waals surface area contributed by atoms with Crippen molar-refractivity contribution >= 4 is 28.2 Å². The van der Waals surface area contributed by atoms with Gasteiger partial charge in [0.25, 0.3) is 0 Å². The summed E-state index contributed by atoms with van der Waals surface area (Å²) in [7, 11) is 4.04. The van der Waals surface area contributed by atoms with Gasteiger partial charge in [-0.2, -0.15) is 0 Å². The maximum atomic E-state index is 5.07. The smallest absolute Gasteiger partial charge is 0.203 e. The number of aromatic nitrogens is 6. The van der Waals surface area contributed by atoms with E-state index in [9.17, 15) is 0 Å². The first kappa shape index (κ1) is 21.5. The van der Waals surface area contributed by atoms with Crippen molar-refractivity contribution in [1.29, 1.82) is 0 Å². The molecule has 0 aliphatic carbocycles. The predicted octanol–water partition coefficient (Wildman–Crippen LogP) is 3.29. The van der Waals surface area contributed by atoms with Crippen molar-refractivity contribution in [2.24, 2.45) is 0 Å². The van der Waals surface area contributed by atoms with E-state index in [0.717, 1.165) is 54.6 Å². The molecule has 9 nitrogen and oxygen atoms in total. The van der Waals surface area contributed by atoms with Gasteiger partial charge < -0.3 is 19.7 Å². The fourth-order valence-electron chi connectivity index (χ4n) is 4.78. The van der Waals surface area contributed by atoms with E-state index in [1.807, 2.05) is 30.6 Å². The molecule has 9 heteroatoms. The number of hydrogen-bond acceptors (Lipinski definition) is 7. The first-order valence-corrected chi connectivity index (χ1v) is 12.0. The van der Waals surface area contributed by atoms with Crippen molar-refractivity contribution in [2.75, 3.05) is 50.5 Å². The number of nitrogens with one attached hydrogen (secondary N) is 1. The van der Waals surface area contributed by atoms with Crippen LogP contribution >= 0.6 is 0 Å².